The number of hydrogen-bond acceptors (Lipinski definition) is 2. The van der Waals surface area contributed by atoms with E-state index in [4.69, 9.17) is 0 Å². The number of nitrogens with zero attached hydrogens (tertiary/aromatic N) is 3. The van der Waals surface area contributed by atoms with Crippen LogP contribution in [0.2, 0.25) is 0 Å². The molecule has 0 saturated heterocycles. The van der Waals surface area contributed by atoms with Gasteiger partial charge in [-0.15, -0.1) is 5.10 Å². The van der Waals surface area contributed by atoms with Gasteiger partial charge in [-0.25, -0.2) is 4.52 Å². The molecule has 0 aliphatic rings. The average molecular weight is 311 g/mol. The lowest BCUT2D eigenvalue weighted by atomic mass is 9.96. The van der Waals surface area contributed by atoms with Gasteiger partial charge in [0.15, 0.2) is 0 Å². The molecule has 0 aliphatic heterocycles. The molecule has 3 heteroatoms. The highest BCUT2D eigenvalue weighted by molar-refractivity contribution is 5.91. The summed E-state index contributed by atoms with van der Waals surface area (Å²) in [5.41, 5.74) is 6.68. The molecule has 0 atom stereocenters. The first kappa shape index (κ1) is 14.4. The Morgan fingerprint density at radius 3 is 2.33 bits per heavy atom. The maximum atomic E-state index is 4.29. The van der Waals surface area contributed by atoms with Crippen molar-refractivity contribution in [2.45, 2.75) is 6.92 Å². The number of hydrogen-bond donors (Lipinski definition) is 0. The largest absolute Gasteiger partial charge is 0.213 e. The van der Waals surface area contributed by atoms with Crippen molar-refractivity contribution in [3.05, 3.63) is 101 Å². The van der Waals surface area contributed by atoms with Gasteiger partial charge in [-0.3, -0.25) is 0 Å². The molecule has 2 aromatic heterocycles. The van der Waals surface area contributed by atoms with Crippen LogP contribution in [0.15, 0.2) is 79.0 Å². The lowest BCUT2D eigenvalue weighted by molar-refractivity contribution is 0.840. The lowest BCUT2D eigenvalue weighted by Crippen LogP contribution is -2.02. The van der Waals surface area contributed by atoms with Gasteiger partial charge in [-0.05, 0) is 35.8 Å². The summed E-state index contributed by atoms with van der Waals surface area (Å²) in [5, 5.41) is 8.37. The Morgan fingerprint density at radius 2 is 1.58 bits per heavy atom. The van der Waals surface area contributed by atoms with Crippen LogP contribution in [0.25, 0.3) is 17.2 Å². The monoisotopic (exact) mass is 311 g/mol. The van der Waals surface area contributed by atoms with Crippen LogP contribution in [0, 0.1) is 6.92 Å². The number of rotatable bonds is 3. The number of benzene rings is 2. The first-order valence-electron chi connectivity index (χ1n) is 7.95. The molecule has 0 bridgehead atoms. The van der Waals surface area contributed by atoms with E-state index in [1.807, 2.05) is 22.7 Å². The van der Waals surface area contributed by atoms with Crippen molar-refractivity contribution in [2.75, 3.05) is 0 Å². The molecular formula is C21H17N3. The second-order valence-corrected chi connectivity index (χ2v) is 5.77. The van der Waals surface area contributed by atoms with Crippen molar-refractivity contribution in [1.82, 2.24) is 14.8 Å². The molecular weight excluding hydrogens is 294 g/mol. The smallest absolute Gasteiger partial charge is 0.0872 e. The predicted molar refractivity (Wildman–Crippen MR) is 97.6 cm³/mol. The van der Waals surface area contributed by atoms with Crippen LogP contribution < -0.4 is 0 Å². The first-order chi connectivity index (χ1) is 11.8. The van der Waals surface area contributed by atoms with E-state index in [0.717, 1.165) is 27.9 Å². The summed E-state index contributed by atoms with van der Waals surface area (Å²) >= 11 is 0. The molecule has 4 rings (SSSR count). The topological polar surface area (TPSA) is 30.2 Å². The van der Waals surface area contributed by atoms with E-state index >= 15 is 0 Å². The zero-order chi connectivity index (χ0) is 16.4. The molecule has 0 N–H and O–H groups in total. The molecule has 0 spiro atoms. The van der Waals surface area contributed by atoms with Crippen LogP contribution in [0.3, 0.4) is 0 Å². The quantitative estimate of drug-likeness (QED) is 0.517. The van der Waals surface area contributed by atoms with Crippen molar-refractivity contribution in [3.8, 4) is 0 Å². The van der Waals surface area contributed by atoms with Gasteiger partial charge in [0.25, 0.3) is 0 Å². The molecule has 0 amide bonds. The maximum Gasteiger partial charge on any atom is 0.0872 e. The van der Waals surface area contributed by atoms with E-state index in [1.54, 1.807) is 6.20 Å². The molecule has 24 heavy (non-hydrogen) atoms. The van der Waals surface area contributed by atoms with E-state index in [0.29, 0.717) is 0 Å². The van der Waals surface area contributed by atoms with E-state index in [1.165, 1.54) is 5.56 Å². The summed E-state index contributed by atoms with van der Waals surface area (Å²) in [5.74, 6) is 0. The molecule has 2 aromatic carbocycles. The molecule has 3 nitrogen and oxygen atoms in total. The summed E-state index contributed by atoms with van der Waals surface area (Å²) in [7, 11) is 0. The van der Waals surface area contributed by atoms with E-state index in [9.17, 15) is 0 Å². The second-order valence-electron chi connectivity index (χ2n) is 5.77. The highest BCUT2D eigenvalue weighted by Crippen LogP contribution is 2.28. The first-order valence-corrected chi connectivity index (χ1v) is 7.95. The highest BCUT2D eigenvalue weighted by atomic mass is 15.4. The molecule has 2 heterocycles. The van der Waals surface area contributed by atoms with Gasteiger partial charge in [0.1, 0.15) is 0 Å². The zero-order valence-corrected chi connectivity index (χ0v) is 13.4. The zero-order valence-electron chi connectivity index (χ0n) is 13.4. The Hall–Kier alpha value is -3.20. The number of pyridine rings is 1. The number of aryl methyl sites for hydroxylation is 1. The van der Waals surface area contributed by atoms with Gasteiger partial charge in [0.05, 0.1) is 17.4 Å². The fraction of sp³-hybridized carbons (Fsp3) is 0.0476. The summed E-state index contributed by atoms with van der Waals surface area (Å²) in [4.78, 5) is 0. The van der Waals surface area contributed by atoms with Crippen LogP contribution in [-0.2, 0) is 0 Å². The molecule has 116 valence electrons. The fourth-order valence-corrected chi connectivity index (χ4v) is 2.94. The highest BCUT2D eigenvalue weighted by Gasteiger charge is 2.13. The number of aromatic nitrogens is 3. The lowest BCUT2D eigenvalue weighted by Gasteiger charge is -2.13. The molecule has 0 radical (unpaired) electrons. The van der Waals surface area contributed by atoms with Crippen molar-refractivity contribution in [2.24, 2.45) is 0 Å². The van der Waals surface area contributed by atoms with Crippen molar-refractivity contribution in [3.63, 3.8) is 0 Å². The fourth-order valence-electron chi connectivity index (χ4n) is 2.94. The maximum absolute atomic E-state index is 4.29. The third-order valence-electron chi connectivity index (χ3n) is 4.12. The number of fused-ring (bicyclic) bond motifs is 1. The molecule has 0 saturated carbocycles. The third-order valence-corrected chi connectivity index (χ3v) is 4.12. The Bertz CT molecular complexity index is 999. The van der Waals surface area contributed by atoms with Crippen LogP contribution in [0.5, 0.6) is 0 Å². The van der Waals surface area contributed by atoms with Gasteiger partial charge < -0.3 is 0 Å². The minimum absolute atomic E-state index is 0.991. The summed E-state index contributed by atoms with van der Waals surface area (Å²) in [6.07, 6.45) is 3.99. The van der Waals surface area contributed by atoms with Crippen molar-refractivity contribution in [1.29, 1.82) is 0 Å². The van der Waals surface area contributed by atoms with Gasteiger partial charge >= 0.3 is 0 Å². The minimum atomic E-state index is 0.991. The molecule has 4 aromatic rings. The predicted octanol–water partition coefficient (Wildman–Crippen LogP) is 4.63. The van der Waals surface area contributed by atoms with Crippen LogP contribution >= 0.6 is 0 Å². The van der Waals surface area contributed by atoms with Gasteiger partial charge in [-0.2, -0.15) is 0 Å². The van der Waals surface area contributed by atoms with Crippen LogP contribution in [-0.4, -0.2) is 14.8 Å². The summed E-state index contributed by atoms with van der Waals surface area (Å²) < 4.78 is 1.91. The SMILES string of the molecule is Cc1ccc2cnnn2c1/C(=C/c1ccccc1)c1ccccc1. The summed E-state index contributed by atoms with van der Waals surface area (Å²) in [6.45, 7) is 2.11. The van der Waals surface area contributed by atoms with Gasteiger partial charge in [-0.1, -0.05) is 71.9 Å². The normalized spacial score (nSPS) is 11.8. The van der Waals surface area contributed by atoms with Gasteiger partial charge in [0.2, 0.25) is 0 Å². The Kier molecular flexibility index (Phi) is 3.67. The second kappa shape index (κ2) is 6.13. The van der Waals surface area contributed by atoms with Gasteiger partial charge in [0, 0.05) is 5.57 Å². The Morgan fingerprint density at radius 1 is 0.875 bits per heavy atom. The van der Waals surface area contributed by atoms with E-state index < -0.39 is 0 Å². The van der Waals surface area contributed by atoms with Crippen molar-refractivity contribution < 1.29 is 0 Å². The molecule has 0 aliphatic carbocycles. The van der Waals surface area contributed by atoms with Crippen molar-refractivity contribution >= 4 is 17.2 Å². The summed E-state index contributed by atoms with van der Waals surface area (Å²) in [6, 6.07) is 24.9. The minimum Gasteiger partial charge on any atom is -0.213 e. The van der Waals surface area contributed by atoms with Crippen LogP contribution in [0.1, 0.15) is 22.4 Å². The van der Waals surface area contributed by atoms with Crippen LogP contribution in [0.4, 0.5) is 0 Å². The molecule has 0 unspecified atom stereocenters. The standard InChI is InChI=1S/C21H17N3/c1-16-12-13-19-15-22-23-24(19)21(16)20(18-10-6-3-7-11-18)14-17-8-4-2-5-9-17/h2-15H,1H3/b20-14+. The molecule has 0 fully saturated rings. The Labute approximate surface area is 140 Å². The average Bonchev–Trinajstić information content (AvgIpc) is 3.10. The van der Waals surface area contributed by atoms with E-state index in [-0.39, 0.29) is 0 Å². The van der Waals surface area contributed by atoms with E-state index in [2.05, 4.69) is 77.9 Å². The third kappa shape index (κ3) is 2.61. The Balaban J connectivity index is 2.01.